The minimum atomic E-state index is -0.377. The van der Waals surface area contributed by atoms with Crippen LogP contribution in [0.4, 0.5) is 0 Å². The monoisotopic (exact) mass is 394 g/mol. The number of phenolic OH excluding ortho intramolecular Hbond substituents is 3. The lowest BCUT2D eigenvalue weighted by molar-refractivity contribution is 0.443. The third-order valence-electron chi connectivity index (χ3n) is 5.10. The molecule has 0 radical (unpaired) electrons. The van der Waals surface area contributed by atoms with E-state index < -0.39 is 0 Å². The predicted molar refractivity (Wildman–Crippen MR) is 116 cm³/mol. The fraction of sp³-hybridized carbons (Fsp3) is 0.292. The molecule has 0 aliphatic rings. The summed E-state index contributed by atoms with van der Waals surface area (Å²) in [6.07, 6.45) is 4.60. The van der Waals surface area contributed by atoms with Gasteiger partial charge in [0.25, 0.3) is 0 Å². The van der Waals surface area contributed by atoms with E-state index >= 15 is 0 Å². The fourth-order valence-corrected chi connectivity index (χ4v) is 3.41. The largest absolute Gasteiger partial charge is 0.508 e. The first-order valence-corrected chi connectivity index (χ1v) is 9.54. The molecule has 2 aromatic carbocycles. The highest BCUT2D eigenvalue weighted by Crippen LogP contribution is 2.38. The maximum absolute atomic E-state index is 13.4. The van der Waals surface area contributed by atoms with Gasteiger partial charge in [-0.15, -0.1) is 0 Å². The Balaban J connectivity index is 2.43. The van der Waals surface area contributed by atoms with Crippen molar-refractivity contribution in [2.75, 3.05) is 0 Å². The van der Waals surface area contributed by atoms with Gasteiger partial charge in [0.1, 0.15) is 33.8 Å². The van der Waals surface area contributed by atoms with Crippen molar-refractivity contribution in [2.45, 2.75) is 47.5 Å². The third-order valence-corrected chi connectivity index (χ3v) is 5.10. The topological polar surface area (TPSA) is 90.9 Å². The molecule has 1 heterocycles. The molecule has 0 atom stereocenters. The zero-order valence-corrected chi connectivity index (χ0v) is 17.4. The summed E-state index contributed by atoms with van der Waals surface area (Å²) in [6, 6.07) is 2.75. The SMILES string of the molecule is CC(C)=CCc1c(O)cc2oc3cc(O)c(C)c(CC=C(C)C)c3c(=O)c2c1O. The average Bonchev–Trinajstić information content (AvgIpc) is 2.61. The van der Waals surface area contributed by atoms with E-state index in [0.29, 0.717) is 29.4 Å². The quantitative estimate of drug-likeness (QED) is 0.408. The van der Waals surface area contributed by atoms with Crippen LogP contribution in [0, 0.1) is 6.92 Å². The molecule has 29 heavy (non-hydrogen) atoms. The predicted octanol–water partition coefficient (Wildman–Crippen LogP) is 5.39. The van der Waals surface area contributed by atoms with Gasteiger partial charge in [-0.25, -0.2) is 0 Å². The molecular weight excluding hydrogens is 368 g/mol. The first kappa shape index (κ1) is 20.5. The van der Waals surface area contributed by atoms with Crippen LogP contribution in [0.3, 0.4) is 0 Å². The van der Waals surface area contributed by atoms with E-state index in [1.807, 2.05) is 39.8 Å². The second-order valence-corrected chi connectivity index (χ2v) is 7.87. The number of allylic oxidation sites excluding steroid dienone is 4. The van der Waals surface area contributed by atoms with E-state index in [9.17, 15) is 20.1 Å². The van der Waals surface area contributed by atoms with Crippen LogP contribution in [-0.2, 0) is 12.8 Å². The zero-order chi connectivity index (χ0) is 21.5. The van der Waals surface area contributed by atoms with Crippen molar-refractivity contribution >= 4 is 21.9 Å². The van der Waals surface area contributed by atoms with Gasteiger partial charge in [-0.2, -0.15) is 0 Å². The number of hydrogen-bond donors (Lipinski definition) is 3. The van der Waals surface area contributed by atoms with Crippen LogP contribution >= 0.6 is 0 Å². The van der Waals surface area contributed by atoms with Crippen LogP contribution < -0.4 is 5.43 Å². The van der Waals surface area contributed by atoms with Gasteiger partial charge in [-0.05, 0) is 58.6 Å². The Labute approximate surface area is 169 Å². The third kappa shape index (κ3) is 3.73. The average molecular weight is 394 g/mol. The molecule has 0 saturated carbocycles. The smallest absolute Gasteiger partial charge is 0.204 e. The summed E-state index contributed by atoms with van der Waals surface area (Å²) in [5, 5.41) is 31.8. The molecule has 0 spiro atoms. The van der Waals surface area contributed by atoms with Gasteiger partial charge >= 0.3 is 0 Å². The van der Waals surface area contributed by atoms with Crippen LogP contribution in [0.1, 0.15) is 44.4 Å². The Morgan fingerprint density at radius 2 is 1.38 bits per heavy atom. The van der Waals surface area contributed by atoms with E-state index in [0.717, 1.165) is 11.1 Å². The first-order valence-electron chi connectivity index (χ1n) is 9.54. The number of phenols is 3. The summed E-state index contributed by atoms with van der Waals surface area (Å²) in [5.74, 6) is -0.381. The van der Waals surface area contributed by atoms with Gasteiger partial charge in [-0.3, -0.25) is 4.79 Å². The van der Waals surface area contributed by atoms with Crippen molar-refractivity contribution in [3.63, 3.8) is 0 Å². The van der Waals surface area contributed by atoms with E-state index in [1.165, 1.54) is 12.1 Å². The summed E-state index contributed by atoms with van der Waals surface area (Å²) in [4.78, 5) is 13.4. The van der Waals surface area contributed by atoms with Crippen LogP contribution in [0.5, 0.6) is 17.2 Å². The highest BCUT2D eigenvalue weighted by Gasteiger charge is 2.21. The lowest BCUT2D eigenvalue weighted by Crippen LogP contribution is -2.08. The molecular formula is C24H26O5. The van der Waals surface area contributed by atoms with E-state index in [2.05, 4.69) is 0 Å². The molecule has 0 unspecified atom stereocenters. The molecule has 5 heteroatoms. The molecule has 0 amide bonds. The molecule has 0 saturated heterocycles. The minimum absolute atomic E-state index is 0.0331. The number of benzene rings is 2. The van der Waals surface area contributed by atoms with Gasteiger partial charge in [0.2, 0.25) is 5.43 Å². The molecule has 5 nitrogen and oxygen atoms in total. The highest BCUT2D eigenvalue weighted by atomic mass is 16.3. The van der Waals surface area contributed by atoms with Gasteiger partial charge in [0.15, 0.2) is 0 Å². The van der Waals surface area contributed by atoms with E-state index in [-0.39, 0.29) is 44.8 Å². The maximum Gasteiger partial charge on any atom is 0.204 e. The number of hydrogen-bond acceptors (Lipinski definition) is 5. The Morgan fingerprint density at radius 3 is 1.97 bits per heavy atom. The Morgan fingerprint density at radius 1 is 0.862 bits per heavy atom. The second-order valence-electron chi connectivity index (χ2n) is 7.87. The Bertz CT molecular complexity index is 1230. The molecule has 0 bridgehead atoms. The summed E-state index contributed by atoms with van der Waals surface area (Å²) < 4.78 is 5.84. The van der Waals surface area contributed by atoms with Gasteiger partial charge in [-0.1, -0.05) is 23.3 Å². The highest BCUT2D eigenvalue weighted by molar-refractivity contribution is 5.97. The van der Waals surface area contributed by atoms with Crippen LogP contribution in [0.15, 0.2) is 44.6 Å². The normalized spacial score (nSPS) is 11.1. The Kier molecular flexibility index (Phi) is 5.42. The molecule has 1 aromatic heterocycles. The number of fused-ring (bicyclic) bond motifs is 2. The molecule has 3 N–H and O–H groups in total. The standard InChI is InChI=1S/C24H26O5/c1-12(2)6-8-15-14(5)17(25)10-19-21(15)24(28)22-20(29-19)11-18(26)16(23(22)27)9-7-13(3)4/h6-7,10-11,25-27H,8-9H2,1-5H3. The van der Waals surface area contributed by atoms with E-state index in [4.69, 9.17) is 4.42 Å². The number of rotatable bonds is 4. The molecule has 0 aliphatic carbocycles. The van der Waals surface area contributed by atoms with Gasteiger partial charge in [0.05, 0.1) is 5.39 Å². The van der Waals surface area contributed by atoms with Gasteiger partial charge < -0.3 is 19.7 Å². The maximum atomic E-state index is 13.4. The van der Waals surface area contributed by atoms with Crippen LogP contribution in [0.25, 0.3) is 21.9 Å². The summed E-state index contributed by atoms with van der Waals surface area (Å²) in [6.45, 7) is 9.51. The van der Waals surface area contributed by atoms with Crippen molar-refractivity contribution in [3.8, 4) is 17.2 Å². The molecule has 3 rings (SSSR count). The van der Waals surface area contributed by atoms with Crippen LogP contribution in [0.2, 0.25) is 0 Å². The van der Waals surface area contributed by atoms with Crippen molar-refractivity contribution in [3.05, 3.63) is 62.3 Å². The first-order chi connectivity index (χ1) is 13.6. The van der Waals surface area contributed by atoms with Gasteiger partial charge in [0, 0.05) is 17.7 Å². The zero-order valence-electron chi connectivity index (χ0n) is 17.4. The molecule has 0 aliphatic heterocycles. The van der Waals surface area contributed by atoms with Crippen molar-refractivity contribution < 1.29 is 19.7 Å². The van der Waals surface area contributed by atoms with Crippen molar-refractivity contribution in [1.29, 1.82) is 0 Å². The van der Waals surface area contributed by atoms with E-state index in [1.54, 1.807) is 6.92 Å². The Hall–Kier alpha value is -3.21. The van der Waals surface area contributed by atoms with Crippen molar-refractivity contribution in [2.24, 2.45) is 0 Å². The summed E-state index contributed by atoms with van der Waals surface area (Å²) >= 11 is 0. The molecule has 152 valence electrons. The minimum Gasteiger partial charge on any atom is -0.508 e. The summed E-state index contributed by atoms with van der Waals surface area (Å²) in [7, 11) is 0. The second kappa shape index (κ2) is 7.66. The molecule has 3 aromatic rings. The fourth-order valence-electron chi connectivity index (χ4n) is 3.41. The molecule has 0 fully saturated rings. The lowest BCUT2D eigenvalue weighted by Gasteiger charge is -2.13. The van der Waals surface area contributed by atoms with Crippen molar-refractivity contribution in [1.82, 2.24) is 0 Å². The van der Waals surface area contributed by atoms with Crippen LogP contribution in [-0.4, -0.2) is 15.3 Å². The number of aromatic hydroxyl groups is 3. The summed E-state index contributed by atoms with van der Waals surface area (Å²) in [5.41, 5.74) is 3.59. The lowest BCUT2D eigenvalue weighted by atomic mass is 9.96.